The second-order valence-electron chi connectivity index (χ2n) is 6.25. The zero-order valence-corrected chi connectivity index (χ0v) is 15.4. The van der Waals surface area contributed by atoms with Gasteiger partial charge in [0, 0.05) is 11.8 Å². The average molecular weight is 390 g/mol. The maximum Gasteiger partial charge on any atom is 0.233 e. The molecule has 4 rings (SSSR count). The fraction of sp³-hybridized carbons (Fsp3) is 0.0909. The van der Waals surface area contributed by atoms with Crippen LogP contribution in [0.3, 0.4) is 0 Å². The number of carbonyl (C=O) groups is 2. The van der Waals surface area contributed by atoms with Crippen LogP contribution in [-0.2, 0) is 9.59 Å². The average Bonchev–Trinajstić information content (AvgIpc) is 3.18. The Morgan fingerprint density at radius 1 is 0.828 bits per heavy atom. The van der Waals surface area contributed by atoms with Gasteiger partial charge in [0.1, 0.15) is 12.2 Å². The largest absolute Gasteiger partial charge is 0.455 e. The van der Waals surface area contributed by atoms with E-state index in [2.05, 4.69) is 10.6 Å². The molecular weight excluding hydrogens is 372 g/mol. The Kier molecular flexibility index (Phi) is 5.29. The van der Waals surface area contributed by atoms with E-state index in [9.17, 15) is 9.59 Å². The molecule has 2 amide bonds. The van der Waals surface area contributed by atoms with E-state index in [-0.39, 0.29) is 13.2 Å². The van der Waals surface area contributed by atoms with Gasteiger partial charge in [-0.25, -0.2) is 0 Å². The molecule has 0 aromatic heterocycles. The topological polar surface area (TPSA) is 85.9 Å². The van der Waals surface area contributed by atoms with E-state index in [1.807, 2.05) is 30.3 Å². The molecule has 3 aromatic rings. The van der Waals surface area contributed by atoms with E-state index in [1.54, 1.807) is 42.5 Å². The number of para-hydroxylation sites is 3. The van der Waals surface area contributed by atoms with Gasteiger partial charge >= 0.3 is 0 Å². The molecule has 0 saturated heterocycles. The third-order valence-corrected chi connectivity index (χ3v) is 4.11. The molecule has 1 aliphatic rings. The number of fused-ring (bicyclic) bond motifs is 1. The zero-order chi connectivity index (χ0) is 20.1. The first-order valence-corrected chi connectivity index (χ1v) is 8.99. The van der Waals surface area contributed by atoms with E-state index in [1.165, 1.54) is 0 Å². The van der Waals surface area contributed by atoms with Crippen LogP contribution < -0.4 is 24.8 Å². The van der Waals surface area contributed by atoms with Gasteiger partial charge in [-0.15, -0.1) is 0 Å². The SMILES string of the molecule is O=C(CC(=O)Nc1ccccc1Oc1ccccc1)Nc1ccc2c(c1)OCO2. The van der Waals surface area contributed by atoms with Gasteiger partial charge in [0.2, 0.25) is 18.6 Å². The third-order valence-electron chi connectivity index (χ3n) is 4.11. The number of amides is 2. The quantitative estimate of drug-likeness (QED) is 0.617. The number of benzene rings is 3. The summed E-state index contributed by atoms with van der Waals surface area (Å²) in [6, 6.07) is 21.3. The van der Waals surface area contributed by atoms with Crippen molar-refractivity contribution in [3.63, 3.8) is 0 Å². The molecule has 3 aromatic carbocycles. The number of hydrogen-bond acceptors (Lipinski definition) is 5. The van der Waals surface area contributed by atoms with Crippen LogP contribution in [0, 0.1) is 0 Å². The minimum absolute atomic E-state index is 0.152. The zero-order valence-electron chi connectivity index (χ0n) is 15.4. The molecule has 1 heterocycles. The predicted octanol–water partition coefficient (Wildman–Crippen LogP) is 4.17. The van der Waals surface area contributed by atoms with Crippen molar-refractivity contribution < 1.29 is 23.8 Å². The fourth-order valence-electron chi connectivity index (χ4n) is 2.79. The molecule has 7 nitrogen and oxygen atoms in total. The lowest BCUT2D eigenvalue weighted by atomic mass is 10.2. The number of carbonyl (C=O) groups excluding carboxylic acids is 2. The standard InChI is InChI=1S/C22H18N2O5/c25-21(23-15-10-11-19-20(12-15)28-14-27-19)13-22(26)24-17-8-4-5-9-18(17)29-16-6-2-1-3-7-16/h1-12H,13-14H2,(H,23,25)(H,24,26). The molecule has 7 heteroatoms. The van der Waals surface area contributed by atoms with Crippen LogP contribution in [0.25, 0.3) is 0 Å². The molecule has 1 aliphatic heterocycles. The highest BCUT2D eigenvalue weighted by atomic mass is 16.7. The molecule has 0 unspecified atom stereocenters. The summed E-state index contributed by atoms with van der Waals surface area (Å²) in [6.45, 7) is 0.152. The maximum absolute atomic E-state index is 12.3. The highest BCUT2D eigenvalue weighted by Gasteiger charge is 2.16. The highest BCUT2D eigenvalue weighted by Crippen LogP contribution is 2.34. The highest BCUT2D eigenvalue weighted by molar-refractivity contribution is 6.08. The Hall–Kier alpha value is -4.00. The van der Waals surface area contributed by atoms with Crippen LogP contribution >= 0.6 is 0 Å². The van der Waals surface area contributed by atoms with E-state index < -0.39 is 11.8 Å². The van der Waals surface area contributed by atoms with Crippen molar-refractivity contribution in [3.05, 3.63) is 72.8 Å². The summed E-state index contributed by atoms with van der Waals surface area (Å²) in [7, 11) is 0. The first kappa shape index (κ1) is 18.4. The first-order valence-electron chi connectivity index (χ1n) is 8.99. The van der Waals surface area contributed by atoms with E-state index in [0.717, 1.165) is 0 Å². The number of nitrogens with one attached hydrogen (secondary N) is 2. The second-order valence-corrected chi connectivity index (χ2v) is 6.25. The van der Waals surface area contributed by atoms with Gasteiger partial charge in [-0.05, 0) is 36.4 Å². The molecule has 0 atom stereocenters. The lowest BCUT2D eigenvalue weighted by Crippen LogP contribution is -2.21. The van der Waals surface area contributed by atoms with Gasteiger partial charge < -0.3 is 24.8 Å². The number of anilines is 2. The molecule has 146 valence electrons. The number of ether oxygens (including phenoxy) is 3. The van der Waals surface area contributed by atoms with Crippen LogP contribution in [-0.4, -0.2) is 18.6 Å². The van der Waals surface area contributed by atoms with E-state index in [4.69, 9.17) is 14.2 Å². The molecule has 0 spiro atoms. The molecule has 29 heavy (non-hydrogen) atoms. The van der Waals surface area contributed by atoms with Crippen molar-refractivity contribution in [2.45, 2.75) is 6.42 Å². The van der Waals surface area contributed by atoms with Gasteiger partial charge in [0.25, 0.3) is 0 Å². The van der Waals surface area contributed by atoms with Crippen molar-refractivity contribution in [1.29, 1.82) is 0 Å². The Labute approximate surface area is 167 Å². The summed E-state index contributed by atoms with van der Waals surface area (Å²) in [6.07, 6.45) is -0.339. The van der Waals surface area contributed by atoms with Crippen LogP contribution in [0.15, 0.2) is 72.8 Å². The number of hydrogen-bond donors (Lipinski definition) is 2. The Balaban J connectivity index is 1.36. The van der Waals surface area contributed by atoms with Crippen molar-refractivity contribution in [2.24, 2.45) is 0 Å². The minimum Gasteiger partial charge on any atom is -0.455 e. The van der Waals surface area contributed by atoms with E-state index in [0.29, 0.717) is 34.4 Å². The monoisotopic (exact) mass is 390 g/mol. The Morgan fingerprint density at radius 3 is 2.41 bits per heavy atom. The predicted molar refractivity (Wildman–Crippen MR) is 107 cm³/mol. The first-order chi connectivity index (χ1) is 14.2. The second kappa shape index (κ2) is 8.35. The maximum atomic E-state index is 12.3. The van der Waals surface area contributed by atoms with Gasteiger partial charge in [-0.1, -0.05) is 30.3 Å². The normalized spacial score (nSPS) is 11.6. The van der Waals surface area contributed by atoms with Crippen molar-refractivity contribution >= 4 is 23.2 Å². The van der Waals surface area contributed by atoms with E-state index >= 15 is 0 Å². The summed E-state index contributed by atoms with van der Waals surface area (Å²) >= 11 is 0. The fourth-order valence-corrected chi connectivity index (χ4v) is 2.79. The van der Waals surface area contributed by atoms with Crippen molar-refractivity contribution in [2.75, 3.05) is 17.4 Å². The van der Waals surface area contributed by atoms with Gasteiger partial charge in [0.05, 0.1) is 5.69 Å². The molecule has 0 saturated carbocycles. The lowest BCUT2D eigenvalue weighted by Gasteiger charge is -2.12. The van der Waals surface area contributed by atoms with Crippen LogP contribution in [0.2, 0.25) is 0 Å². The minimum atomic E-state index is -0.452. The van der Waals surface area contributed by atoms with Gasteiger partial charge in [-0.2, -0.15) is 0 Å². The van der Waals surface area contributed by atoms with Crippen LogP contribution in [0.1, 0.15) is 6.42 Å². The Bertz CT molecular complexity index is 1040. The lowest BCUT2D eigenvalue weighted by molar-refractivity contribution is -0.123. The summed E-state index contributed by atoms with van der Waals surface area (Å²) in [4.78, 5) is 24.5. The summed E-state index contributed by atoms with van der Waals surface area (Å²) in [5, 5.41) is 5.40. The van der Waals surface area contributed by atoms with Gasteiger partial charge in [0.15, 0.2) is 17.2 Å². The molecule has 0 radical (unpaired) electrons. The molecule has 2 N–H and O–H groups in total. The molecule has 0 fully saturated rings. The smallest absolute Gasteiger partial charge is 0.233 e. The van der Waals surface area contributed by atoms with Crippen LogP contribution in [0.5, 0.6) is 23.0 Å². The molecule has 0 bridgehead atoms. The van der Waals surface area contributed by atoms with Gasteiger partial charge in [-0.3, -0.25) is 9.59 Å². The summed E-state index contributed by atoms with van der Waals surface area (Å²) in [5.74, 6) is 1.42. The summed E-state index contributed by atoms with van der Waals surface area (Å²) < 4.78 is 16.3. The molecular formula is C22H18N2O5. The Morgan fingerprint density at radius 2 is 1.55 bits per heavy atom. The number of rotatable bonds is 6. The third kappa shape index (κ3) is 4.65. The van der Waals surface area contributed by atoms with Crippen molar-refractivity contribution in [1.82, 2.24) is 0 Å². The van der Waals surface area contributed by atoms with Crippen LogP contribution in [0.4, 0.5) is 11.4 Å². The van der Waals surface area contributed by atoms with Crippen molar-refractivity contribution in [3.8, 4) is 23.0 Å². The summed E-state index contributed by atoms with van der Waals surface area (Å²) in [5.41, 5.74) is 1.01. The molecule has 0 aliphatic carbocycles.